The predicted octanol–water partition coefficient (Wildman–Crippen LogP) is 0.743. The van der Waals surface area contributed by atoms with Crippen LogP contribution in [0.1, 0.15) is 17.5 Å². The minimum atomic E-state index is -4.47. The van der Waals surface area contributed by atoms with Crippen molar-refractivity contribution in [3.8, 4) is 0 Å². The molecule has 4 N–H and O–H groups in total. The monoisotopic (exact) mass is 299 g/mol. The van der Waals surface area contributed by atoms with Crippen molar-refractivity contribution < 1.29 is 22.8 Å². The smallest absolute Gasteiger partial charge is 0.368 e. The van der Waals surface area contributed by atoms with Crippen LogP contribution in [0.15, 0.2) is 18.2 Å². The number of nitrogens with one attached hydrogen (secondary N) is 2. The number of benzene rings is 1. The molecule has 1 aromatic rings. The van der Waals surface area contributed by atoms with Crippen LogP contribution in [-0.4, -0.2) is 24.4 Å². The van der Waals surface area contributed by atoms with Gasteiger partial charge in [-0.15, -0.1) is 0 Å². The highest BCUT2D eigenvalue weighted by Crippen LogP contribution is 2.45. The molecule has 2 atom stereocenters. The summed E-state index contributed by atoms with van der Waals surface area (Å²) in [5.74, 6) is -0.992. The molecule has 2 amide bonds. The summed E-state index contributed by atoms with van der Waals surface area (Å²) in [6.07, 6.45) is -4.33. The molecule has 1 spiro atoms. The molecule has 2 unspecified atom stereocenters. The van der Waals surface area contributed by atoms with E-state index in [4.69, 9.17) is 5.73 Å². The van der Waals surface area contributed by atoms with Crippen molar-refractivity contribution in [3.05, 3.63) is 29.3 Å². The molecular weight excluding hydrogens is 287 g/mol. The fraction of sp³-hybridized carbons (Fsp3) is 0.385. The number of alkyl halides is 3. The molecule has 1 aromatic carbocycles. The average Bonchev–Trinajstić information content (AvgIpc) is 2.93. The van der Waals surface area contributed by atoms with Crippen molar-refractivity contribution in [2.45, 2.75) is 24.1 Å². The second-order valence-corrected chi connectivity index (χ2v) is 5.33. The molecule has 8 heteroatoms. The van der Waals surface area contributed by atoms with Gasteiger partial charge in [0.2, 0.25) is 11.8 Å². The van der Waals surface area contributed by atoms with Gasteiger partial charge in [0.05, 0.1) is 17.0 Å². The van der Waals surface area contributed by atoms with E-state index in [0.717, 1.165) is 12.1 Å². The molecule has 0 bridgehead atoms. The molecule has 2 aliphatic rings. The molecule has 1 saturated heterocycles. The maximum atomic E-state index is 12.7. The van der Waals surface area contributed by atoms with Gasteiger partial charge in [0.25, 0.3) is 0 Å². The van der Waals surface area contributed by atoms with Crippen LogP contribution in [-0.2, 0) is 21.2 Å². The molecule has 3 rings (SSSR count). The zero-order valence-corrected chi connectivity index (χ0v) is 10.8. The summed E-state index contributed by atoms with van der Waals surface area (Å²) in [7, 11) is 0. The lowest BCUT2D eigenvalue weighted by Gasteiger charge is -2.20. The maximum absolute atomic E-state index is 12.7. The highest BCUT2D eigenvalue weighted by molar-refractivity contribution is 6.07. The minimum absolute atomic E-state index is 0.141. The van der Waals surface area contributed by atoms with Crippen LogP contribution in [0.3, 0.4) is 0 Å². The Balaban J connectivity index is 2.02. The van der Waals surface area contributed by atoms with E-state index in [2.05, 4.69) is 10.6 Å². The van der Waals surface area contributed by atoms with E-state index in [1.54, 1.807) is 0 Å². The van der Waals surface area contributed by atoms with Crippen molar-refractivity contribution in [3.63, 3.8) is 0 Å². The van der Waals surface area contributed by atoms with Gasteiger partial charge in [-0.05, 0) is 24.1 Å². The minimum Gasteiger partial charge on any atom is -0.368 e. The SMILES string of the molecule is NC(=O)C1CC2(CN1)C(=O)Nc1cc(C(F)(F)F)ccc12. The molecule has 21 heavy (non-hydrogen) atoms. The van der Waals surface area contributed by atoms with Gasteiger partial charge in [0.1, 0.15) is 0 Å². The number of anilines is 1. The van der Waals surface area contributed by atoms with E-state index in [9.17, 15) is 22.8 Å². The Bertz CT molecular complexity index is 644. The largest absolute Gasteiger partial charge is 0.416 e. The zero-order valence-electron chi connectivity index (χ0n) is 10.8. The Morgan fingerprint density at radius 1 is 1.38 bits per heavy atom. The lowest BCUT2D eigenvalue weighted by molar-refractivity contribution is -0.137. The third-order valence-corrected chi connectivity index (χ3v) is 4.09. The number of hydrogen-bond donors (Lipinski definition) is 3. The normalized spacial score (nSPS) is 27.8. The van der Waals surface area contributed by atoms with Crippen LogP contribution >= 0.6 is 0 Å². The van der Waals surface area contributed by atoms with Gasteiger partial charge in [0.15, 0.2) is 0 Å². The number of rotatable bonds is 1. The van der Waals surface area contributed by atoms with Crippen LogP contribution in [0.5, 0.6) is 0 Å². The van der Waals surface area contributed by atoms with Gasteiger partial charge >= 0.3 is 6.18 Å². The molecule has 0 aromatic heterocycles. The van der Waals surface area contributed by atoms with Gasteiger partial charge in [-0.3, -0.25) is 9.59 Å². The first-order chi connectivity index (χ1) is 9.74. The van der Waals surface area contributed by atoms with E-state index in [1.807, 2.05) is 0 Å². The number of carbonyl (C=O) groups excluding carboxylic acids is 2. The standard InChI is InChI=1S/C13H12F3N3O2/c14-13(15,16)6-1-2-7-8(3-6)19-11(21)12(7)4-9(10(17)20)18-5-12/h1-3,9,18H,4-5H2,(H2,17,20)(H,19,21). The topological polar surface area (TPSA) is 84.2 Å². The first kappa shape index (κ1) is 13.9. The molecule has 0 radical (unpaired) electrons. The molecule has 5 nitrogen and oxygen atoms in total. The highest BCUT2D eigenvalue weighted by Gasteiger charge is 2.53. The Labute approximate surface area is 117 Å². The lowest BCUT2D eigenvalue weighted by Crippen LogP contribution is -2.36. The number of amides is 2. The van der Waals surface area contributed by atoms with Gasteiger partial charge in [0, 0.05) is 12.2 Å². The summed E-state index contributed by atoms with van der Waals surface area (Å²) >= 11 is 0. The number of primary amides is 1. The number of hydrogen-bond acceptors (Lipinski definition) is 3. The summed E-state index contributed by atoms with van der Waals surface area (Å²) in [6.45, 7) is 0.171. The van der Waals surface area contributed by atoms with Crippen molar-refractivity contribution in [2.75, 3.05) is 11.9 Å². The second-order valence-electron chi connectivity index (χ2n) is 5.33. The summed E-state index contributed by atoms with van der Waals surface area (Å²) in [5, 5.41) is 5.32. The second kappa shape index (κ2) is 4.20. The average molecular weight is 299 g/mol. The molecular formula is C13H12F3N3O2. The predicted molar refractivity (Wildman–Crippen MR) is 67.4 cm³/mol. The van der Waals surface area contributed by atoms with E-state index in [1.165, 1.54) is 6.07 Å². The molecule has 1 fully saturated rings. The Hall–Kier alpha value is -2.09. The highest BCUT2D eigenvalue weighted by atomic mass is 19.4. The fourth-order valence-electron chi connectivity index (χ4n) is 2.98. The maximum Gasteiger partial charge on any atom is 0.416 e. The Morgan fingerprint density at radius 2 is 2.10 bits per heavy atom. The van der Waals surface area contributed by atoms with Crippen molar-refractivity contribution in [2.24, 2.45) is 5.73 Å². The van der Waals surface area contributed by atoms with E-state index in [-0.39, 0.29) is 18.7 Å². The molecule has 2 aliphatic heterocycles. The van der Waals surface area contributed by atoms with Gasteiger partial charge < -0.3 is 16.4 Å². The van der Waals surface area contributed by atoms with Crippen molar-refractivity contribution >= 4 is 17.5 Å². The van der Waals surface area contributed by atoms with Crippen molar-refractivity contribution in [1.82, 2.24) is 5.32 Å². The first-order valence-corrected chi connectivity index (χ1v) is 6.30. The van der Waals surface area contributed by atoms with Crippen LogP contribution in [0, 0.1) is 0 Å². The summed E-state index contributed by atoms with van der Waals surface area (Å²) in [6, 6.07) is 2.49. The first-order valence-electron chi connectivity index (χ1n) is 6.30. The van der Waals surface area contributed by atoms with E-state index >= 15 is 0 Å². The molecule has 2 heterocycles. The summed E-state index contributed by atoms with van der Waals surface area (Å²) in [4.78, 5) is 23.4. The van der Waals surface area contributed by atoms with E-state index < -0.39 is 35.0 Å². The van der Waals surface area contributed by atoms with Gasteiger partial charge in [-0.1, -0.05) is 6.07 Å². The Kier molecular flexibility index (Phi) is 2.78. The summed E-state index contributed by atoms with van der Waals surface area (Å²) < 4.78 is 38.1. The Morgan fingerprint density at radius 3 is 2.67 bits per heavy atom. The zero-order chi connectivity index (χ0) is 15.4. The summed E-state index contributed by atoms with van der Waals surface area (Å²) in [5.41, 5.74) is 3.97. The van der Waals surface area contributed by atoms with Crippen LogP contribution in [0.4, 0.5) is 18.9 Å². The van der Waals surface area contributed by atoms with Gasteiger partial charge in [-0.2, -0.15) is 13.2 Å². The quantitative estimate of drug-likeness (QED) is 0.715. The third kappa shape index (κ3) is 1.98. The number of carbonyl (C=O) groups is 2. The van der Waals surface area contributed by atoms with Crippen LogP contribution in [0.25, 0.3) is 0 Å². The molecule has 112 valence electrons. The van der Waals surface area contributed by atoms with Crippen LogP contribution < -0.4 is 16.4 Å². The third-order valence-electron chi connectivity index (χ3n) is 4.09. The number of nitrogens with two attached hydrogens (primary N) is 1. The number of halogens is 3. The molecule has 0 aliphatic carbocycles. The number of fused-ring (bicyclic) bond motifs is 2. The molecule has 0 saturated carbocycles. The lowest BCUT2D eigenvalue weighted by atomic mass is 9.79. The van der Waals surface area contributed by atoms with E-state index in [0.29, 0.717) is 5.56 Å². The van der Waals surface area contributed by atoms with Crippen molar-refractivity contribution in [1.29, 1.82) is 0 Å². The van der Waals surface area contributed by atoms with Crippen LogP contribution in [0.2, 0.25) is 0 Å². The fourth-order valence-corrected chi connectivity index (χ4v) is 2.98. The van der Waals surface area contributed by atoms with Gasteiger partial charge in [-0.25, -0.2) is 0 Å².